The zero-order valence-corrected chi connectivity index (χ0v) is 14.0. The van der Waals surface area contributed by atoms with Crippen molar-refractivity contribution >= 4 is 35.1 Å². The van der Waals surface area contributed by atoms with Crippen LogP contribution in [-0.2, 0) is 4.79 Å². The number of urea groups is 1. The van der Waals surface area contributed by atoms with Gasteiger partial charge < -0.3 is 10.4 Å². The Bertz CT molecular complexity index is 561. The fourth-order valence-corrected chi connectivity index (χ4v) is 4.51. The molecular weight excluding hydrogens is 310 g/mol. The molecule has 3 unspecified atom stereocenters. The van der Waals surface area contributed by atoms with E-state index in [2.05, 4.69) is 10.3 Å². The summed E-state index contributed by atoms with van der Waals surface area (Å²) in [7, 11) is 0. The lowest BCUT2D eigenvalue weighted by Crippen LogP contribution is -2.49. The van der Waals surface area contributed by atoms with E-state index in [1.165, 1.54) is 16.7 Å². The molecule has 2 rings (SSSR count). The first-order valence-electron chi connectivity index (χ1n) is 6.68. The number of thiazole rings is 1. The van der Waals surface area contributed by atoms with Crippen LogP contribution in [0.4, 0.5) is 4.79 Å². The number of rotatable bonds is 3. The van der Waals surface area contributed by atoms with Crippen molar-refractivity contribution in [3.8, 4) is 0 Å². The number of carboxylic acid groups (broad SMARTS) is 1. The molecule has 6 nitrogen and oxygen atoms in total. The van der Waals surface area contributed by atoms with Gasteiger partial charge in [0.05, 0.1) is 22.1 Å². The summed E-state index contributed by atoms with van der Waals surface area (Å²) in [6.45, 7) is 7.58. The minimum absolute atomic E-state index is 0.136. The van der Waals surface area contributed by atoms with Gasteiger partial charge in [-0.3, -0.25) is 4.90 Å². The number of nitrogens with zero attached hydrogens (tertiary/aromatic N) is 2. The van der Waals surface area contributed by atoms with Crippen LogP contribution in [0.1, 0.15) is 35.5 Å². The molecule has 1 fully saturated rings. The average molecular weight is 329 g/mol. The fraction of sp³-hybridized carbons (Fsp3) is 0.615. The molecule has 0 saturated carbocycles. The summed E-state index contributed by atoms with van der Waals surface area (Å²) >= 11 is 3.02. The summed E-state index contributed by atoms with van der Waals surface area (Å²) in [5.74, 6) is -0.531. The number of amides is 2. The second-order valence-corrected chi connectivity index (χ2v) is 7.63. The number of nitrogens with one attached hydrogen (secondary N) is 1. The van der Waals surface area contributed by atoms with Gasteiger partial charge in [0.2, 0.25) is 0 Å². The van der Waals surface area contributed by atoms with Gasteiger partial charge in [0.1, 0.15) is 6.04 Å². The largest absolute Gasteiger partial charge is 0.480 e. The maximum atomic E-state index is 12.4. The van der Waals surface area contributed by atoms with Crippen molar-refractivity contribution in [2.24, 2.45) is 0 Å². The Kier molecular flexibility index (Phi) is 4.77. The van der Waals surface area contributed by atoms with Crippen molar-refractivity contribution < 1.29 is 14.7 Å². The minimum atomic E-state index is -0.959. The molecule has 1 aliphatic rings. The third-order valence-electron chi connectivity index (χ3n) is 3.42. The third-order valence-corrected chi connectivity index (χ3v) is 5.89. The molecule has 2 N–H and O–H groups in total. The lowest BCUT2D eigenvalue weighted by Gasteiger charge is -2.27. The van der Waals surface area contributed by atoms with Crippen molar-refractivity contribution in [2.45, 2.75) is 45.2 Å². The van der Waals surface area contributed by atoms with E-state index >= 15 is 0 Å². The highest BCUT2D eigenvalue weighted by Gasteiger charge is 2.40. The molecule has 2 amide bonds. The fourth-order valence-electron chi connectivity index (χ4n) is 2.42. The van der Waals surface area contributed by atoms with E-state index < -0.39 is 12.0 Å². The summed E-state index contributed by atoms with van der Waals surface area (Å²) in [5, 5.41) is 12.9. The summed E-state index contributed by atoms with van der Waals surface area (Å²) in [5.41, 5.74) is 0.906. The summed E-state index contributed by atoms with van der Waals surface area (Å²) in [4.78, 5) is 30.4. The number of thioether (sulfide) groups is 1. The van der Waals surface area contributed by atoms with Gasteiger partial charge in [-0.2, -0.15) is 0 Å². The van der Waals surface area contributed by atoms with Crippen molar-refractivity contribution in [3.05, 3.63) is 15.6 Å². The molecule has 21 heavy (non-hydrogen) atoms. The normalized spacial score (nSPS) is 23.1. The predicted molar refractivity (Wildman–Crippen MR) is 83.7 cm³/mol. The van der Waals surface area contributed by atoms with E-state index in [0.717, 1.165) is 15.6 Å². The van der Waals surface area contributed by atoms with Gasteiger partial charge in [0.15, 0.2) is 0 Å². The number of aliphatic carboxylic acids is 1. The second kappa shape index (κ2) is 6.23. The third kappa shape index (κ3) is 3.32. The van der Waals surface area contributed by atoms with Gasteiger partial charge in [-0.25, -0.2) is 14.6 Å². The molecule has 1 aromatic heterocycles. The molecule has 1 aromatic rings. The number of carbonyl (C=O) groups is 2. The van der Waals surface area contributed by atoms with Crippen LogP contribution >= 0.6 is 23.1 Å². The van der Waals surface area contributed by atoms with Crippen LogP contribution in [0.3, 0.4) is 0 Å². The van der Waals surface area contributed by atoms with Gasteiger partial charge in [-0.05, 0) is 27.7 Å². The lowest BCUT2D eigenvalue weighted by atomic mass is 10.2. The van der Waals surface area contributed by atoms with E-state index in [9.17, 15) is 14.7 Å². The SMILES string of the molecule is Cc1nc(C)c(C(C)NC(=O)N2C(C)SCC2C(=O)O)s1. The zero-order chi connectivity index (χ0) is 15.7. The first-order chi connectivity index (χ1) is 9.81. The van der Waals surface area contributed by atoms with Gasteiger partial charge in [-0.15, -0.1) is 23.1 Å². The van der Waals surface area contributed by atoms with Crippen molar-refractivity contribution in [2.75, 3.05) is 5.75 Å². The molecule has 116 valence electrons. The maximum Gasteiger partial charge on any atom is 0.327 e. The number of hydrogen-bond acceptors (Lipinski definition) is 5. The Balaban J connectivity index is 2.10. The first kappa shape index (κ1) is 16.1. The Hall–Kier alpha value is -1.28. The quantitative estimate of drug-likeness (QED) is 0.889. The van der Waals surface area contributed by atoms with Crippen molar-refractivity contribution in [1.82, 2.24) is 15.2 Å². The highest BCUT2D eigenvalue weighted by Crippen LogP contribution is 2.30. The Morgan fingerprint density at radius 1 is 1.48 bits per heavy atom. The summed E-state index contributed by atoms with van der Waals surface area (Å²) in [6, 6.07) is -1.28. The minimum Gasteiger partial charge on any atom is -0.480 e. The number of carbonyl (C=O) groups excluding carboxylic acids is 1. The molecule has 3 atom stereocenters. The highest BCUT2D eigenvalue weighted by atomic mass is 32.2. The predicted octanol–water partition coefficient (Wildman–Crippen LogP) is 2.38. The van der Waals surface area contributed by atoms with E-state index in [1.54, 1.807) is 11.3 Å². The molecular formula is C13H19N3O3S2. The molecule has 0 aromatic carbocycles. The molecule has 0 radical (unpaired) electrons. The number of hydrogen-bond donors (Lipinski definition) is 2. The molecule has 1 aliphatic heterocycles. The van der Waals surface area contributed by atoms with Crippen molar-refractivity contribution in [1.29, 1.82) is 0 Å². The smallest absolute Gasteiger partial charge is 0.327 e. The van der Waals surface area contributed by atoms with Crippen LogP contribution in [0.15, 0.2) is 0 Å². The number of aryl methyl sites for hydroxylation is 2. The zero-order valence-electron chi connectivity index (χ0n) is 12.4. The molecule has 0 aliphatic carbocycles. The molecule has 0 spiro atoms. The monoisotopic (exact) mass is 329 g/mol. The van der Waals surface area contributed by atoms with E-state index in [1.807, 2.05) is 27.7 Å². The Morgan fingerprint density at radius 2 is 2.14 bits per heavy atom. The lowest BCUT2D eigenvalue weighted by molar-refractivity contribution is -0.141. The first-order valence-corrected chi connectivity index (χ1v) is 8.55. The van der Waals surface area contributed by atoms with Gasteiger partial charge in [0, 0.05) is 10.6 Å². The molecule has 1 saturated heterocycles. The maximum absolute atomic E-state index is 12.4. The molecule has 8 heteroatoms. The number of carboxylic acids is 1. The van der Waals surface area contributed by atoms with Crippen LogP contribution in [0.5, 0.6) is 0 Å². The Labute approximate surface area is 131 Å². The molecule has 2 heterocycles. The highest BCUT2D eigenvalue weighted by molar-refractivity contribution is 8.00. The van der Waals surface area contributed by atoms with Crippen molar-refractivity contribution in [3.63, 3.8) is 0 Å². The van der Waals surface area contributed by atoms with E-state index in [4.69, 9.17) is 0 Å². The van der Waals surface area contributed by atoms with Crippen LogP contribution in [-0.4, -0.2) is 44.2 Å². The van der Waals surface area contributed by atoms with Crippen LogP contribution < -0.4 is 5.32 Å². The second-order valence-electron chi connectivity index (χ2n) is 5.05. The van der Waals surface area contributed by atoms with E-state index in [0.29, 0.717) is 5.75 Å². The van der Waals surface area contributed by atoms with Crippen LogP contribution in [0.25, 0.3) is 0 Å². The summed E-state index contributed by atoms with van der Waals surface area (Å²) in [6.07, 6.45) is 0. The topological polar surface area (TPSA) is 82.5 Å². The van der Waals surface area contributed by atoms with Gasteiger partial charge in [-0.1, -0.05) is 0 Å². The standard InChI is InChI=1S/C13H19N3O3S2/c1-6-11(21-8(3)14-6)7(2)15-13(19)16-9(4)20-5-10(16)12(17)18/h7,9-10H,5H2,1-4H3,(H,15,19)(H,17,18). The van der Waals surface area contributed by atoms with Gasteiger partial charge in [0.25, 0.3) is 0 Å². The van der Waals surface area contributed by atoms with Crippen LogP contribution in [0, 0.1) is 13.8 Å². The molecule has 0 bridgehead atoms. The van der Waals surface area contributed by atoms with Crippen LogP contribution in [0.2, 0.25) is 0 Å². The summed E-state index contributed by atoms with van der Waals surface area (Å²) < 4.78 is 0. The van der Waals surface area contributed by atoms with E-state index in [-0.39, 0.29) is 17.4 Å². The average Bonchev–Trinajstić information content (AvgIpc) is 2.92. The number of aromatic nitrogens is 1. The Morgan fingerprint density at radius 3 is 2.67 bits per heavy atom. The van der Waals surface area contributed by atoms with Gasteiger partial charge >= 0.3 is 12.0 Å².